The van der Waals surface area contributed by atoms with E-state index >= 15 is 0 Å². The third-order valence-electron chi connectivity index (χ3n) is 4.39. The van der Waals surface area contributed by atoms with E-state index in [-0.39, 0.29) is 9.92 Å². The van der Waals surface area contributed by atoms with Crippen LogP contribution in [0, 0.1) is 0 Å². The lowest BCUT2D eigenvalue weighted by atomic mass is 10.2. The summed E-state index contributed by atoms with van der Waals surface area (Å²) in [6.07, 6.45) is 0. The summed E-state index contributed by atoms with van der Waals surface area (Å²) in [6, 6.07) is 13.7. The highest BCUT2D eigenvalue weighted by atomic mass is 32.2. The molecular formula is C19H23N3O3S. The molecule has 3 aromatic rings. The monoisotopic (exact) mass is 373 g/mol. The topological polar surface area (TPSA) is 75.3 Å². The second-order valence-electron chi connectivity index (χ2n) is 5.90. The fraction of sp³-hybridized carbons (Fsp3) is 0.316. The summed E-state index contributed by atoms with van der Waals surface area (Å²) in [7, 11) is -3.66. The molecule has 0 radical (unpaired) electrons. The van der Waals surface area contributed by atoms with Gasteiger partial charge in [0.1, 0.15) is 17.9 Å². The number of aromatic nitrogens is 2. The highest BCUT2D eigenvalue weighted by Gasteiger charge is 2.23. The Morgan fingerprint density at radius 2 is 1.77 bits per heavy atom. The van der Waals surface area contributed by atoms with Crippen LogP contribution in [0.25, 0.3) is 10.9 Å². The van der Waals surface area contributed by atoms with Gasteiger partial charge in [-0.2, -0.15) is 5.10 Å². The number of hydrogen-bond donors (Lipinski definition) is 1. The Bertz CT molecular complexity index is 964. The van der Waals surface area contributed by atoms with Gasteiger partial charge in [0.05, 0.1) is 4.90 Å². The molecule has 0 bridgehead atoms. The van der Waals surface area contributed by atoms with Crippen LogP contribution in [0.1, 0.15) is 13.8 Å². The molecule has 0 atom stereocenters. The number of H-pyrrole nitrogens is 1. The van der Waals surface area contributed by atoms with Crippen LogP contribution in [-0.2, 0) is 9.84 Å². The highest BCUT2D eigenvalue weighted by Crippen LogP contribution is 2.31. The molecule has 0 aliphatic rings. The Morgan fingerprint density at radius 3 is 2.46 bits per heavy atom. The molecule has 6 nitrogen and oxygen atoms in total. The van der Waals surface area contributed by atoms with Crippen molar-refractivity contribution in [3.63, 3.8) is 0 Å². The highest BCUT2D eigenvalue weighted by molar-refractivity contribution is 7.91. The van der Waals surface area contributed by atoms with Crippen LogP contribution in [-0.4, -0.2) is 49.8 Å². The van der Waals surface area contributed by atoms with Crippen molar-refractivity contribution in [1.82, 2.24) is 15.1 Å². The fourth-order valence-corrected chi connectivity index (χ4v) is 4.22. The van der Waals surface area contributed by atoms with E-state index in [1.54, 1.807) is 42.5 Å². The maximum absolute atomic E-state index is 12.9. The number of hydrogen-bond acceptors (Lipinski definition) is 5. The Balaban J connectivity index is 1.90. The molecule has 0 amide bonds. The van der Waals surface area contributed by atoms with E-state index in [4.69, 9.17) is 4.74 Å². The molecule has 3 rings (SSSR count). The van der Waals surface area contributed by atoms with Gasteiger partial charge in [-0.25, -0.2) is 8.42 Å². The van der Waals surface area contributed by atoms with Gasteiger partial charge in [-0.1, -0.05) is 38.1 Å². The number of sulfone groups is 1. The zero-order valence-corrected chi connectivity index (χ0v) is 15.8. The lowest BCUT2D eigenvalue weighted by Gasteiger charge is -2.18. The number of nitrogens with zero attached hydrogens (tertiary/aromatic N) is 2. The third-order valence-corrected chi connectivity index (χ3v) is 6.14. The summed E-state index contributed by atoms with van der Waals surface area (Å²) < 4.78 is 31.6. The summed E-state index contributed by atoms with van der Waals surface area (Å²) in [4.78, 5) is 2.49. The van der Waals surface area contributed by atoms with Crippen LogP contribution in [0.4, 0.5) is 0 Å². The summed E-state index contributed by atoms with van der Waals surface area (Å²) in [5.74, 6) is 0.584. The van der Waals surface area contributed by atoms with E-state index in [1.807, 2.05) is 6.07 Å². The normalized spacial score (nSPS) is 12.0. The van der Waals surface area contributed by atoms with Crippen molar-refractivity contribution >= 4 is 20.7 Å². The average Bonchev–Trinajstić information content (AvgIpc) is 3.12. The third kappa shape index (κ3) is 3.59. The number of para-hydroxylation sites is 1. The quantitative estimate of drug-likeness (QED) is 0.657. The minimum absolute atomic E-state index is 0.0906. The van der Waals surface area contributed by atoms with Crippen LogP contribution in [0.2, 0.25) is 0 Å². The van der Waals surface area contributed by atoms with E-state index in [9.17, 15) is 8.42 Å². The molecule has 138 valence electrons. The molecule has 0 aliphatic carbocycles. The van der Waals surface area contributed by atoms with Gasteiger partial charge in [0, 0.05) is 11.9 Å². The van der Waals surface area contributed by atoms with E-state index in [1.165, 1.54) is 0 Å². The fourth-order valence-electron chi connectivity index (χ4n) is 2.85. The molecule has 26 heavy (non-hydrogen) atoms. The van der Waals surface area contributed by atoms with Gasteiger partial charge in [-0.15, -0.1) is 0 Å². The smallest absolute Gasteiger partial charge is 0.223 e. The van der Waals surface area contributed by atoms with Crippen LogP contribution in [0.5, 0.6) is 5.75 Å². The largest absolute Gasteiger partial charge is 0.490 e. The molecule has 2 aromatic carbocycles. The van der Waals surface area contributed by atoms with E-state index < -0.39 is 9.84 Å². The first kappa shape index (κ1) is 18.4. The van der Waals surface area contributed by atoms with Crippen LogP contribution in [0.3, 0.4) is 0 Å². The molecule has 1 aromatic heterocycles. The number of aromatic amines is 1. The summed E-state index contributed by atoms with van der Waals surface area (Å²) in [5, 5.41) is 7.52. The molecule has 1 N–H and O–H groups in total. The Labute approximate surface area is 153 Å². The number of rotatable bonds is 8. The Hall–Kier alpha value is -2.38. The number of likely N-dealkylation sites (N-methyl/N-ethyl adjacent to an activating group) is 1. The molecular weight excluding hydrogens is 350 g/mol. The summed E-state index contributed by atoms with van der Waals surface area (Å²) in [5.41, 5.74) is 0.529. The van der Waals surface area contributed by atoms with Crippen molar-refractivity contribution in [3.8, 4) is 5.75 Å². The van der Waals surface area contributed by atoms with Gasteiger partial charge in [0.2, 0.25) is 9.84 Å². The lowest BCUT2D eigenvalue weighted by Crippen LogP contribution is -2.27. The molecule has 0 unspecified atom stereocenters. The lowest BCUT2D eigenvalue weighted by molar-refractivity contribution is 0.224. The molecule has 0 saturated heterocycles. The second kappa shape index (κ2) is 7.88. The van der Waals surface area contributed by atoms with Crippen molar-refractivity contribution in [3.05, 3.63) is 48.5 Å². The van der Waals surface area contributed by atoms with Gasteiger partial charge in [-0.3, -0.25) is 5.10 Å². The van der Waals surface area contributed by atoms with Gasteiger partial charge in [0.15, 0.2) is 5.03 Å². The molecule has 0 saturated carbocycles. The van der Waals surface area contributed by atoms with Crippen LogP contribution >= 0.6 is 0 Å². The number of nitrogens with one attached hydrogen (secondary N) is 1. The van der Waals surface area contributed by atoms with Gasteiger partial charge in [-0.05, 0) is 37.4 Å². The minimum Gasteiger partial charge on any atom is -0.490 e. The SMILES string of the molecule is CCN(CC)CCOc1cccc2c(S(=O)(=O)c3ccccc3)[nH]nc12. The maximum Gasteiger partial charge on any atom is 0.223 e. The summed E-state index contributed by atoms with van der Waals surface area (Å²) >= 11 is 0. The number of fused-ring (bicyclic) bond motifs is 1. The van der Waals surface area contributed by atoms with Gasteiger partial charge < -0.3 is 9.64 Å². The number of ether oxygens (including phenoxy) is 1. The van der Waals surface area contributed by atoms with E-state index in [0.717, 1.165) is 19.6 Å². The van der Waals surface area contributed by atoms with Crippen LogP contribution < -0.4 is 4.74 Å². The molecule has 0 aliphatic heterocycles. The minimum atomic E-state index is -3.66. The van der Waals surface area contributed by atoms with Crippen LogP contribution in [0.15, 0.2) is 58.5 Å². The Morgan fingerprint density at radius 1 is 1.04 bits per heavy atom. The zero-order chi connectivity index (χ0) is 18.6. The summed E-state index contributed by atoms with van der Waals surface area (Å²) in [6.45, 7) is 7.48. The van der Waals surface area contributed by atoms with Crippen molar-refractivity contribution in [1.29, 1.82) is 0 Å². The first-order valence-electron chi connectivity index (χ1n) is 8.70. The predicted molar refractivity (Wildman–Crippen MR) is 101 cm³/mol. The van der Waals surface area contributed by atoms with E-state index in [0.29, 0.717) is 23.3 Å². The van der Waals surface area contributed by atoms with Gasteiger partial charge >= 0.3 is 0 Å². The first-order chi connectivity index (χ1) is 12.6. The standard InChI is InChI=1S/C19H23N3O3S/c1-3-22(4-2)13-14-25-17-12-8-11-16-18(17)20-21-19(16)26(23,24)15-9-6-5-7-10-15/h5-12H,3-4,13-14H2,1-2H3,(H,20,21). The van der Waals surface area contributed by atoms with Crippen molar-refractivity contribution in [2.45, 2.75) is 23.8 Å². The van der Waals surface area contributed by atoms with Crippen molar-refractivity contribution in [2.75, 3.05) is 26.2 Å². The second-order valence-corrected chi connectivity index (χ2v) is 7.78. The zero-order valence-electron chi connectivity index (χ0n) is 15.0. The van der Waals surface area contributed by atoms with Gasteiger partial charge in [0.25, 0.3) is 0 Å². The van der Waals surface area contributed by atoms with E-state index in [2.05, 4.69) is 28.9 Å². The molecule has 0 spiro atoms. The van der Waals surface area contributed by atoms with Crippen molar-refractivity contribution in [2.24, 2.45) is 0 Å². The average molecular weight is 373 g/mol. The molecule has 0 fully saturated rings. The van der Waals surface area contributed by atoms with Crippen molar-refractivity contribution < 1.29 is 13.2 Å². The molecule has 7 heteroatoms. The number of benzene rings is 2. The maximum atomic E-state index is 12.9. The predicted octanol–water partition coefficient (Wildman–Crippen LogP) is 3.12. The Kier molecular flexibility index (Phi) is 5.58. The first-order valence-corrected chi connectivity index (χ1v) is 10.2. The molecule has 1 heterocycles.